The molecule has 2 N–H and O–H groups in total. The van der Waals surface area contributed by atoms with Crippen LogP contribution in [0.25, 0.3) is 0 Å². The van der Waals surface area contributed by atoms with Gasteiger partial charge in [-0.2, -0.15) is 9.78 Å². The number of carbonyl (C=O) groups excluding carboxylic acids is 1. The Morgan fingerprint density at radius 3 is 2.44 bits per heavy atom. The first-order chi connectivity index (χ1) is 15.4. The lowest BCUT2D eigenvalue weighted by atomic mass is 9.56. The Bertz CT molecular complexity index is 943. The average molecular weight is 440 g/mol. The van der Waals surface area contributed by atoms with Crippen LogP contribution in [0.2, 0.25) is 0 Å². The van der Waals surface area contributed by atoms with Gasteiger partial charge < -0.3 is 15.2 Å². The molecule has 1 aromatic carbocycles. The Kier molecular flexibility index (Phi) is 4.01. The number of amides is 1. The summed E-state index contributed by atoms with van der Waals surface area (Å²) in [5, 5.41) is 13.0. The second kappa shape index (κ2) is 6.49. The van der Waals surface area contributed by atoms with Crippen LogP contribution < -0.4 is 5.32 Å². The second-order valence-corrected chi connectivity index (χ2v) is 11.6. The van der Waals surface area contributed by atoms with E-state index in [0.717, 1.165) is 43.1 Å². The van der Waals surface area contributed by atoms with Gasteiger partial charge in [-0.3, -0.25) is 4.79 Å². The van der Waals surface area contributed by atoms with Crippen molar-refractivity contribution < 1.29 is 24.4 Å². The van der Waals surface area contributed by atoms with Crippen LogP contribution in [0.1, 0.15) is 81.8 Å². The number of carbonyl (C=O) groups is 1. The van der Waals surface area contributed by atoms with Crippen molar-refractivity contribution in [3.05, 3.63) is 29.3 Å². The first-order valence-electron chi connectivity index (χ1n) is 12.5. The summed E-state index contributed by atoms with van der Waals surface area (Å²) in [6, 6.07) is 5.79. The summed E-state index contributed by atoms with van der Waals surface area (Å²) < 4.78 is 6.90. The number of fused-ring (bicyclic) bond motifs is 4. The van der Waals surface area contributed by atoms with Crippen molar-refractivity contribution in [1.29, 1.82) is 0 Å². The highest BCUT2D eigenvalue weighted by atomic mass is 17.3. The minimum Gasteiger partial charge on any atom is -0.508 e. The number of aromatic hydroxyl groups is 1. The predicted molar refractivity (Wildman–Crippen MR) is 115 cm³/mol. The Labute approximate surface area is 188 Å². The maximum Gasteiger partial charge on any atom is 0.217 e. The molecule has 3 bridgehead atoms. The van der Waals surface area contributed by atoms with Gasteiger partial charge in [0.05, 0.1) is 0 Å². The molecule has 5 saturated carbocycles. The lowest BCUT2D eigenvalue weighted by Crippen LogP contribution is -2.50. The summed E-state index contributed by atoms with van der Waals surface area (Å²) in [7, 11) is 0. The third-order valence-corrected chi connectivity index (χ3v) is 10.2. The van der Waals surface area contributed by atoms with Crippen molar-refractivity contribution in [2.45, 2.75) is 88.7 Å². The summed E-state index contributed by atoms with van der Waals surface area (Å²) in [5.74, 6) is 2.25. The second-order valence-electron chi connectivity index (χ2n) is 11.6. The molecule has 1 heterocycles. The first-order valence-corrected chi connectivity index (χ1v) is 12.5. The van der Waals surface area contributed by atoms with Crippen LogP contribution in [-0.2, 0) is 25.9 Å². The summed E-state index contributed by atoms with van der Waals surface area (Å²) in [6.45, 7) is 1.84. The molecule has 6 heteroatoms. The van der Waals surface area contributed by atoms with Crippen molar-refractivity contribution in [1.82, 2.24) is 5.32 Å². The van der Waals surface area contributed by atoms with Crippen LogP contribution in [0.15, 0.2) is 18.2 Å². The van der Waals surface area contributed by atoms with Gasteiger partial charge in [-0.25, -0.2) is 0 Å². The number of phenolic OH excluding ortho intramolecular Hbond substituents is 1. The van der Waals surface area contributed by atoms with Crippen LogP contribution in [0.5, 0.6) is 5.75 Å². The van der Waals surface area contributed by atoms with E-state index in [2.05, 4.69) is 5.32 Å². The molecule has 32 heavy (non-hydrogen) atoms. The van der Waals surface area contributed by atoms with Gasteiger partial charge in [0.1, 0.15) is 5.75 Å². The van der Waals surface area contributed by atoms with E-state index < -0.39 is 11.6 Å². The molecular weight excluding hydrogens is 406 g/mol. The Morgan fingerprint density at radius 1 is 1.06 bits per heavy atom. The molecule has 6 fully saturated rings. The maximum atomic E-state index is 11.3. The van der Waals surface area contributed by atoms with Crippen molar-refractivity contribution in [3.8, 4) is 5.75 Å². The standard InChI is InChI=1S/C26H33NO5/c1-15(28)27-14-18-8-17(2-3-23(18)29)16-4-6-25(7-5-16)30-26(32-31-25)21-10-19-9-20-11-22(26)13-24(19,20)12-21/h2-3,8,16,19-22,29H,4-7,9-14H2,1H3,(H,27,28). The van der Waals surface area contributed by atoms with Crippen LogP contribution >= 0.6 is 0 Å². The van der Waals surface area contributed by atoms with Gasteiger partial charge in [0.25, 0.3) is 0 Å². The van der Waals surface area contributed by atoms with Crippen molar-refractivity contribution in [2.24, 2.45) is 29.1 Å². The normalized spacial score (nSPS) is 47.7. The van der Waals surface area contributed by atoms with E-state index in [4.69, 9.17) is 14.5 Å². The van der Waals surface area contributed by atoms with Gasteiger partial charge in [0.15, 0.2) is 0 Å². The monoisotopic (exact) mass is 439 g/mol. The molecule has 4 atom stereocenters. The quantitative estimate of drug-likeness (QED) is 0.678. The summed E-state index contributed by atoms with van der Waals surface area (Å²) in [6.07, 6.45) is 10.1. The summed E-state index contributed by atoms with van der Waals surface area (Å²) in [4.78, 5) is 23.6. The van der Waals surface area contributed by atoms with Crippen molar-refractivity contribution in [3.63, 3.8) is 0 Å². The van der Waals surface area contributed by atoms with E-state index in [1.807, 2.05) is 12.1 Å². The highest BCUT2D eigenvalue weighted by Crippen LogP contribution is 2.79. The number of benzene rings is 1. The fraction of sp³-hybridized carbons (Fsp3) is 0.731. The molecule has 4 unspecified atom stereocenters. The molecule has 5 aliphatic carbocycles. The fourth-order valence-electron chi connectivity index (χ4n) is 8.68. The zero-order chi connectivity index (χ0) is 21.7. The molecule has 3 spiro atoms. The molecule has 6 nitrogen and oxygen atoms in total. The molecule has 6 aliphatic rings. The molecule has 1 amide bonds. The summed E-state index contributed by atoms with van der Waals surface area (Å²) in [5.41, 5.74) is 2.61. The lowest BCUT2D eigenvalue weighted by molar-refractivity contribution is -0.374. The van der Waals surface area contributed by atoms with Crippen LogP contribution in [0.4, 0.5) is 0 Å². The topological polar surface area (TPSA) is 77.0 Å². The van der Waals surface area contributed by atoms with E-state index in [1.165, 1.54) is 44.6 Å². The van der Waals surface area contributed by atoms with E-state index in [1.54, 1.807) is 6.07 Å². The molecule has 1 aromatic rings. The minimum atomic E-state index is -0.595. The SMILES string of the molecule is CC(=O)NCc1cc(C2CCC3(CC2)OOC2(O3)C3CC4CC5CC2CC45C3)ccc1O. The molecule has 7 rings (SSSR count). The highest BCUT2D eigenvalue weighted by molar-refractivity contribution is 5.72. The molecule has 0 aromatic heterocycles. The van der Waals surface area contributed by atoms with Crippen LogP contribution in [0.3, 0.4) is 0 Å². The van der Waals surface area contributed by atoms with Gasteiger partial charge in [-0.1, -0.05) is 12.1 Å². The predicted octanol–water partition coefficient (Wildman–Crippen LogP) is 4.51. The van der Waals surface area contributed by atoms with E-state index >= 15 is 0 Å². The number of ether oxygens (including phenoxy) is 1. The van der Waals surface area contributed by atoms with Crippen LogP contribution in [0, 0.1) is 29.1 Å². The van der Waals surface area contributed by atoms with E-state index in [-0.39, 0.29) is 11.7 Å². The molecule has 1 aliphatic heterocycles. The maximum absolute atomic E-state index is 11.3. The van der Waals surface area contributed by atoms with Crippen molar-refractivity contribution >= 4 is 5.91 Å². The third-order valence-electron chi connectivity index (χ3n) is 10.2. The van der Waals surface area contributed by atoms with Gasteiger partial charge in [-0.15, -0.1) is 0 Å². The summed E-state index contributed by atoms with van der Waals surface area (Å²) >= 11 is 0. The molecular formula is C26H33NO5. The van der Waals surface area contributed by atoms with E-state index in [9.17, 15) is 9.90 Å². The van der Waals surface area contributed by atoms with Crippen molar-refractivity contribution in [2.75, 3.05) is 0 Å². The van der Waals surface area contributed by atoms with Gasteiger partial charge in [0, 0.05) is 43.7 Å². The zero-order valence-corrected chi connectivity index (χ0v) is 18.8. The Balaban J connectivity index is 1.06. The smallest absolute Gasteiger partial charge is 0.217 e. The fourth-order valence-corrected chi connectivity index (χ4v) is 8.68. The molecule has 1 saturated heterocycles. The highest BCUT2D eigenvalue weighted by Gasteiger charge is 2.77. The number of hydrogen-bond acceptors (Lipinski definition) is 5. The average Bonchev–Trinajstić information content (AvgIpc) is 3.36. The lowest BCUT2D eigenvalue weighted by Gasteiger charge is -2.49. The van der Waals surface area contributed by atoms with Crippen LogP contribution in [-0.4, -0.2) is 22.6 Å². The van der Waals surface area contributed by atoms with E-state index in [0.29, 0.717) is 29.7 Å². The number of nitrogens with one attached hydrogen (secondary N) is 1. The Morgan fingerprint density at radius 2 is 1.75 bits per heavy atom. The Hall–Kier alpha value is -1.63. The first kappa shape index (κ1) is 19.8. The largest absolute Gasteiger partial charge is 0.508 e. The molecule has 0 radical (unpaired) electrons. The number of rotatable bonds is 3. The number of hydrogen-bond donors (Lipinski definition) is 2. The van der Waals surface area contributed by atoms with Gasteiger partial charge >= 0.3 is 0 Å². The minimum absolute atomic E-state index is 0.0966. The van der Waals surface area contributed by atoms with Gasteiger partial charge in [-0.05, 0) is 79.7 Å². The number of phenols is 1. The van der Waals surface area contributed by atoms with Gasteiger partial charge in [0.2, 0.25) is 17.5 Å². The zero-order valence-electron chi connectivity index (χ0n) is 18.8. The molecule has 172 valence electrons. The third kappa shape index (κ3) is 2.55.